The number of nitrogens with one attached hydrogen (secondary N) is 3. The summed E-state index contributed by atoms with van der Waals surface area (Å²) in [5.41, 5.74) is 9.51. The first-order chi connectivity index (χ1) is 9.09. The van der Waals surface area contributed by atoms with Crippen molar-refractivity contribution in [3.05, 3.63) is 53.1 Å². The zero-order valence-corrected chi connectivity index (χ0v) is 11.3. The molecule has 0 radical (unpaired) electrons. The molecule has 2 rings (SSSR count). The van der Waals surface area contributed by atoms with Gasteiger partial charge in [0.05, 0.1) is 6.04 Å². The number of pyridine rings is 1. The van der Waals surface area contributed by atoms with Crippen molar-refractivity contribution in [3.8, 4) is 0 Å². The van der Waals surface area contributed by atoms with Crippen LogP contribution >= 0.6 is 0 Å². The van der Waals surface area contributed by atoms with Crippen molar-refractivity contribution in [1.82, 2.24) is 21.2 Å². The third kappa shape index (κ3) is 2.93. The van der Waals surface area contributed by atoms with Crippen LogP contribution < -0.4 is 16.2 Å². The average Bonchev–Trinajstić information content (AvgIpc) is 2.76. The molecule has 1 unspecified atom stereocenters. The second kappa shape index (κ2) is 5.56. The zero-order valence-electron chi connectivity index (χ0n) is 11.3. The summed E-state index contributed by atoms with van der Waals surface area (Å²) >= 11 is 0. The summed E-state index contributed by atoms with van der Waals surface area (Å²) in [7, 11) is 0. The van der Waals surface area contributed by atoms with E-state index in [2.05, 4.69) is 28.1 Å². The number of amides is 1. The fourth-order valence-corrected chi connectivity index (χ4v) is 2.17. The van der Waals surface area contributed by atoms with Gasteiger partial charge in [0.1, 0.15) is 0 Å². The van der Waals surface area contributed by atoms with Crippen molar-refractivity contribution in [3.63, 3.8) is 0 Å². The Kier molecular flexibility index (Phi) is 3.85. The van der Waals surface area contributed by atoms with Gasteiger partial charge in [0, 0.05) is 29.9 Å². The van der Waals surface area contributed by atoms with Crippen LogP contribution in [-0.4, -0.2) is 16.9 Å². The molecule has 0 aromatic carbocycles. The average molecular weight is 258 g/mol. The van der Waals surface area contributed by atoms with Gasteiger partial charge in [-0.1, -0.05) is 0 Å². The lowest BCUT2D eigenvalue weighted by molar-refractivity contribution is 0.0938. The second-order valence-electron chi connectivity index (χ2n) is 4.57. The molecule has 0 fully saturated rings. The van der Waals surface area contributed by atoms with Crippen LogP contribution in [0, 0.1) is 0 Å². The van der Waals surface area contributed by atoms with Crippen LogP contribution in [0.3, 0.4) is 0 Å². The molecule has 1 atom stereocenters. The van der Waals surface area contributed by atoms with Gasteiger partial charge in [-0.25, -0.2) is 0 Å². The van der Waals surface area contributed by atoms with Crippen LogP contribution in [0.2, 0.25) is 0 Å². The van der Waals surface area contributed by atoms with Crippen molar-refractivity contribution in [2.75, 3.05) is 0 Å². The number of hydrazine groups is 1. The Balaban J connectivity index is 2.01. The smallest absolute Gasteiger partial charge is 0.269 e. The number of nitrogens with zero attached hydrogens (tertiary/aromatic N) is 1. The number of carbonyl (C=O) groups is 1. The molecule has 1 aliphatic rings. The molecule has 0 saturated heterocycles. The highest BCUT2D eigenvalue weighted by atomic mass is 16.2. The Hall–Kier alpha value is -2.30. The standard InChI is InChI=1S/C14H18N4O/c1-9-8-16-10(2)13(9)11(3)17-18-14(19)12-4-6-15-7-5-12/h4-8,10,16-17H,1-3H3,(H,18,19). The molecule has 5 heteroatoms. The molecule has 1 aromatic rings. The fraction of sp³-hybridized carbons (Fsp3) is 0.286. The Morgan fingerprint density at radius 1 is 1.32 bits per heavy atom. The Bertz CT molecular complexity index is 534. The van der Waals surface area contributed by atoms with Crippen LogP contribution in [0.5, 0.6) is 0 Å². The van der Waals surface area contributed by atoms with Gasteiger partial charge in [0.15, 0.2) is 0 Å². The molecule has 100 valence electrons. The first-order valence-electron chi connectivity index (χ1n) is 6.20. The van der Waals surface area contributed by atoms with E-state index in [1.54, 1.807) is 24.5 Å². The van der Waals surface area contributed by atoms with Gasteiger partial charge >= 0.3 is 0 Å². The van der Waals surface area contributed by atoms with Gasteiger partial charge in [0.25, 0.3) is 5.91 Å². The van der Waals surface area contributed by atoms with E-state index in [1.807, 2.05) is 20.0 Å². The lowest BCUT2D eigenvalue weighted by Gasteiger charge is -2.15. The predicted octanol–water partition coefficient (Wildman–Crippen LogP) is 1.49. The van der Waals surface area contributed by atoms with Crippen molar-refractivity contribution >= 4 is 5.91 Å². The lowest BCUT2D eigenvalue weighted by atomic mass is 10.0. The maximum absolute atomic E-state index is 11.9. The van der Waals surface area contributed by atoms with Gasteiger partial charge in [0.2, 0.25) is 0 Å². The van der Waals surface area contributed by atoms with E-state index in [1.165, 1.54) is 11.1 Å². The molecule has 0 aliphatic carbocycles. The molecule has 1 aliphatic heterocycles. The third-order valence-corrected chi connectivity index (χ3v) is 3.12. The topological polar surface area (TPSA) is 66.0 Å². The van der Waals surface area contributed by atoms with Crippen LogP contribution in [-0.2, 0) is 0 Å². The summed E-state index contributed by atoms with van der Waals surface area (Å²) < 4.78 is 0. The maximum atomic E-state index is 11.9. The van der Waals surface area contributed by atoms with E-state index >= 15 is 0 Å². The summed E-state index contributed by atoms with van der Waals surface area (Å²) in [5, 5.41) is 3.24. The van der Waals surface area contributed by atoms with E-state index in [4.69, 9.17) is 0 Å². The van der Waals surface area contributed by atoms with Gasteiger partial charge in [-0.15, -0.1) is 0 Å². The third-order valence-electron chi connectivity index (χ3n) is 3.12. The normalized spacial score (nSPS) is 20.4. The van der Waals surface area contributed by atoms with Crippen molar-refractivity contribution in [2.24, 2.45) is 0 Å². The minimum Gasteiger partial charge on any atom is -0.384 e. The molecular weight excluding hydrogens is 240 g/mol. The Morgan fingerprint density at radius 3 is 2.58 bits per heavy atom. The first-order valence-corrected chi connectivity index (χ1v) is 6.20. The van der Waals surface area contributed by atoms with E-state index in [0.717, 1.165) is 5.70 Å². The number of allylic oxidation sites excluding steroid dienone is 1. The SMILES string of the molecule is CC1=CNC(C)C1=C(C)NNC(=O)c1ccncc1. The van der Waals surface area contributed by atoms with Crippen LogP contribution in [0.15, 0.2) is 47.6 Å². The molecular formula is C14H18N4O. The highest BCUT2D eigenvalue weighted by molar-refractivity contribution is 5.93. The first kappa shape index (κ1) is 13.1. The Labute approximate surface area is 112 Å². The van der Waals surface area contributed by atoms with Crippen molar-refractivity contribution in [2.45, 2.75) is 26.8 Å². The molecule has 1 amide bonds. The molecule has 0 bridgehead atoms. The van der Waals surface area contributed by atoms with Crippen LogP contribution in [0.25, 0.3) is 0 Å². The number of aromatic nitrogens is 1. The van der Waals surface area contributed by atoms with Crippen LogP contribution in [0.1, 0.15) is 31.1 Å². The molecule has 19 heavy (non-hydrogen) atoms. The minimum atomic E-state index is -0.178. The molecule has 1 aromatic heterocycles. The van der Waals surface area contributed by atoms with E-state index < -0.39 is 0 Å². The van der Waals surface area contributed by atoms with Crippen LogP contribution in [0.4, 0.5) is 0 Å². The van der Waals surface area contributed by atoms with Crippen molar-refractivity contribution in [1.29, 1.82) is 0 Å². The second-order valence-corrected chi connectivity index (χ2v) is 4.57. The minimum absolute atomic E-state index is 0.178. The highest BCUT2D eigenvalue weighted by Gasteiger charge is 2.18. The van der Waals surface area contributed by atoms with E-state index in [-0.39, 0.29) is 11.9 Å². The number of hydrogen-bond acceptors (Lipinski definition) is 4. The van der Waals surface area contributed by atoms with Gasteiger partial charge in [-0.2, -0.15) is 0 Å². The van der Waals surface area contributed by atoms with Crippen molar-refractivity contribution < 1.29 is 4.79 Å². The molecule has 0 spiro atoms. The Morgan fingerprint density at radius 2 is 2.00 bits per heavy atom. The van der Waals surface area contributed by atoms with E-state index in [0.29, 0.717) is 5.56 Å². The summed E-state index contributed by atoms with van der Waals surface area (Å²) in [4.78, 5) is 15.8. The largest absolute Gasteiger partial charge is 0.384 e. The van der Waals surface area contributed by atoms with Gasteiger partial charge < -0.3 is 10.7 Å². The quantitative estimate of drug-likeness (QED) is 0.719. The summed E-state index contributed by atoms with van der Waals surface area (Å²) in [5.74, 6) is -0.178. The maximum Gasteiger partial charge on any atom is 0.269 e. The lowest BCUT2D eigenvalue weighted by Crippen LogP contribution is -2.37. The number of rotatable bonds is 3. The molecule has 0 saturated carbocycles. The van der Waals surface area contributed by atoms with Gasteiger partial charge in [-0.3, -0.25) is 15.2 Å². The van der Waals surface area contributed by atoms with E-state index in [9.17, 15) is 4.79 Å². The number of carbonyl (C=O) groups excluding carboxylic acids is 1. The zero-order chi connectivity index (χ0) is 13.8. The van der Waals surface area contributed by atoms with Gasteiger partial charge in [-0.05, 0) is 44.1 Å². The molecule has 2 heterocycles. The summed E-state index contributed by atoms with van der Waals surface area (Å²) in [6, 6.07) is 3.60. The number of hydrogen-bond donors (Lipinski definition) is 3. The summed E-state index contributed by atoms with van der Waals surface area (Å²) in [6.07, 6.45) is 5.17. The molecule has 3 N–H and O–H groups in total. The predicted molar refractivity (Wildman–Crippen MR) is 73.9 cm³/mol. The molecule has 5 nitrogen and oxygen atoms in total. The highest BCUT2D eigenvalue weighted by Crippen LogP contribution is 2.21. The monoisotopic (exact) mass is 258 g/mol. The fourth-order valence-electron chi connectivity index (χ4n) is 2.17. The summed E-state index contributed by atoms with van der Waals surface area (Å²) in [6.45, 7) is 6.07.